The summed E-state index contributed by atoms with van der Waals surface area (Å²) in [6.45, 7) is 8.67. The minimum atomic E-state index is -0.346. The molecule has 8 nitrogen and oxygen atoms in total. The number of benzene rings is 1. The molecule has 5 rings (SSSR count). The van der Waals surface area contributed by atoms with Crippen LogP contribution in [0.2, 0.25) is 0 Å². The normalized spacial score (nSPS) is 22.1. The average Bonchev–Trinajstić information content (AvgIpc) is 2.94. The summed E-state index contributed by atoms with van der Waals surface area (Å²) in [4.78, 5) is 39.7. The van der Waals surface area contributed by atoms with Crippen molar-refractivity contribution in [3.05, 3.63) is 53.6 Å². The van der Waals surface area contributed by atoms with Crippen LogP contribution in [-0.2, 0) is 21.4 Å². The third-order valence-electron chi connectivity index (χ3n) is 9.24. The Morgan fingerprint density at radius 3 is 2.56 bits per heavy atom. The van der Waals surface area contributed by atoms with Gasteiger partial charge in [0.15, 0.2) is 0 Å². The number of ether oxygens (including phenoxy) is 1. The average molecular weight is 534 g/mol. The number of piperidine rings is 2. The number of nitrogens with zero attached hydrogens (tertiary/aromatic N) is 4. The predicted octanol–water partition coefficient (Wildman–Crippen LogP) is 3.67. The topological polar surface area (TPSA) is 87.7 Å². The van der Waals surface area contributed by atoms with Gasteiger partial charge in [-0.1, -0.05) is 31.5 Å². The summed E-state index contributed by atoms with van der Waals surface area (Å²) in [5.41, 5.74) is 1.96. The van der Waals surface area contributed by atoms with Crippen LogP contribution in [0.4, 0.5) is 0 Å². The van der Waals surface area contributed by atoms with Crippen LogP contribution in [0.1, 0.15) is 69.0 Å². The number of hydrogen-bond acceptors (Lipinski definition) is 6. The van der Waals surface area contributed by atoms with Crippen molar-refractivity contribution < 1.29 is 14.3 Å². The van der Waals surface area contributed by atoms with E-state index in [2.05, 4.69) is 39.2 Å². The number of hydrogen-bond donors (Lipinski definition) is 1. The molecule has 0 atom stereocenters. The molecule has 0 radical (unpaired) electrons. The van der Waals surface area contributed by atoms with Crippen molar-refractivity contribution in [2.75, 3.05) is 45.9 Å². The smallest absolute Gasteiger partial charge is 0.236 e. The lowest BCUT2D eigenvalue weighted by molar-refractivity contribution is -0.137. The number of aromatic nitrogens is 2. The first-order chi connectivity index (χ1) is 18.9. The Morgan fingerprint density at radius 2 is 1.79 bits per heavy atom. The van der Waals surface area contributed by atoms with Gasteiger partial charge in [-0.25, -0.2) is 9.97 Å². The minimum absolute atomic E-state index is 0.0177. The summed E-state index contributed by atoms with van der Waals surface area (Å²) in [7, 11) is 0. The Morgan fingerprint density at radius 1 is 1.03 bits per heavy atom. The van der Waals surface area contributed by atoms with Crippen LogP contribution in [0.3, 0.4) is 0 Å². The van der Waals surface area contributed by atoms with Crippen LogP contribution in [0.25, 0.3) is 0 Å². The van der Waals surface area contributed by atoms with Crippen molar-refractivity contribution in [3.8, 4) is 5.75 Å². The van der Waals surface area contributed by atoms with E-state index in [1.165, 1.54) is 5.56 Å². The molecule has 2 amide bonds. The fraction of sp³-hybridized carbons (Fsp3) is 0.613. The Hall–Kier alpha value is -3.00. The monoisotopic (exact) mass is 533 g/mol. The summed E-state index contributed by atoms with van der Waals surface area (Å²) >= 11 is 0. The molecule has 3 aliphatic heterocycles. The number of rotatable bonds is 3. The van der Waals surface area contributed by atoms with Crippen molar-refractivity contribution in [1.82, 2.24) is 25.1 Å². The number of carbonyl (C=O) groups is 2. The largest absolute Gasteiger partial charge is 0.491 e. The third kappa shape index (κ3) is 6.43. The number of aryl methyl sites for hydroxylation is 2. The number of carbonyl (C=O) groups excluding carboxylic acids is 2. The molecule has 1 N–H and O–H groups in total. The van der Waals surface area contributed by atoms with E-state index in [0.717, 1.165) is 94.8 Å². The highest BCUT2D eigenvalue weighted by molar-refractivity contribution is 5.83. The first-order valence-electron chi connectivity index (χ1n) is 14.7. The lowest BCUT2D eigenvalue weighted by Gasteiger charge is -2.42. The molecule has 4 heterocycles. The van der Waals surface area contributed by atoms with Crippen molar-refractivity contribution in [2.45, 2.75) is 70.6 Å². The quantitative estimate of drug-likeness (QED) is 0.648. The van der Waals surface area contributed by atoms with Crippen LogP contribution >= 0.6 is 0 Å². The number of likely N-dealkylation sites (tertiary alicyclic amines) is 2. The summed E-state index contributed by atoms with van der Waals surface area (Å²) in [6, 6.07) is 10.2. The van der Waals surface area contributed by atoms with Gasteiger partial charge in [-0.2, -0.15) is 0 Å². The summed E-state index contributed by atoms with van der Waals surface area (Å²) in [5.74, 6) is 2.08. The van der Waals surface area contributed by atoms with Gasteiger partial charge in [0.1, 0.15) is 18.2 Å². The van der Waals surface area contributed by atoms with E-state index in [1.54, 1.807) is 0 Å². The first kappa shape index (κ1) is 27.6. The van der Waals surface area contributed by atoms with E-state index < -0.39 is 0 Å². The number of amides is 2. The molecule has 210 valence electrons. The zero-order valence-electron chi connectivity index (χ0n) is 23.6. The molecule has 2 aromatic rings. The Kier molecular flexibility index (Phi) is 8.50. The van der Waals surface area contributed by atoms with Crippen LogP contribution in [0.5, 0.6) is 5.75 Å². The van der Waals surface area contributed by atoms with Gasteiger partial charge in [0.25, 0.3) is 0 Å². The molecule has 0 saturated carbocycles. The van der Waals surface area contributed by atoms with Gasteiger partial charge in [0.2, 0.25) is 11.8 Å². The molecule has 1 spiro atoms. The van der Waals surface area contributed by atoms with E-state index in [0.29, 0.717) is 19.7 Å². The molecule has 3 aliphatic rings. The van der Waals surface area contributed by atoms with E-state index in [9.17, 15) is 9.59 Å². The molecule has 2 fully saturated rings. The van der Waals surface area contributed by atoms with Crippen LogP contribution < -0.4 is 10.1 Å². The Balaban J connectivity index is 1.12. The van der Waals surface area contributed by atoms with Gasteiger partial charge in [-0.05, 0) is 82.7 Å². The van der Waals surface area contributed by atoms with Crippen LogP contribution in [0, 0.1) is 12.3 Å². The van der Waals surface area contributed by atoms with Gasteiger partial charge in [-0.3, -0.25) is 14.5 Å². The highest BCUT2D eigenvalue weighted by Gasteiger charge is 2.41. The maximum absolute atomic E-state index is 13.4. The van der Waals surface area contributed by atoms with Crippen LogP contribution in [0.15, 0.2) is 36.5 Å². The van der Waals surface area contributed by atoms with Gasteiger partial charge < -0.3 is 15.0 Å². The fourth-order valence-corrected chi connectivity index (χ4v) is 6.46. The third-order valence-corrected chi connectivity index (χ3v) is 9.24. The van der Waals surface area contributed by atoms with E-state index in [4.69, 9.17) is 4.74 Å². The Labute approximate surface area is 232 Å². The molecule has 0 bridgehead atoms. The second-order valence-electron chi connectivity index (χ2n) is 11.9. The maximum Gasteiger partial charge on any atom is 0.236 e. The molecule has 39 heavy (non-hydrogen) atoms. The lowest BCUT2D eigenvalue weighted by Crippen LogP contribution is -2.52. The number of para-hydroxylation sites is 1. The summed E-state index contributed by atoms with van der Waals surface area (Å²) in [6.07, 6.45) is 9.18. The maximum atomic E-state index is 13.4. The SMILES string of the molecule is Cc1nccc(C2(C)CCN(C(=O)CN3CCC4(CCCCc5ccccc5OCCNC4=O)CC3)CC2)n1. The van der Waals surface area contributed by atoms with Gasteiger partial charge in [0, 0.05) is 24.7 Å². The van der Waals surface area contributed by atoms with Gasteiger partial charge in [0.05, 0.1) is 24.2 Å². The van der Waals surface area contributed by atoms with Gasteiger partial charge >= 0.3 is 0 Å². The second kappa shape index (κ2) is 12.0. The molecular weight excluding hydrogens is 490 g/mol. The molecule has 1 aromatic carbocycles. The number of fused-ring (bicyclic) bond motifs is 1. The van der Waals surface area contributed by atoms with Crippen LogP contribution in [-0.4, -0.2) is 77.5 Å². The summed E-state index contributed by atoms with van der Waals surface area (Å²) < 4.78 is 5.97. The van der Waals surface area contributed by atoms with E-state index in [1.807, 2.05) is 36.2 Å². The highest BCUT2D eigenvalue weighted by atomic mass is 16.5. The summed E-state index contributed by atoms with van der Waals surface area (Å²) in [5, 5.41) is 3.16. The van der Waals surface area contributed by atoms with E-state index in [-0.39, 0.29) is 22.6 Å². The van der Waals surface area contributed by atoms with Crippen molar-refractivity contribution in [3.63, 3.8) is 0 Å². The molecule has 8 heteroatoms. The fourth-order valence-electron chi connectivity index (χ4n) is 6.46. The Bertz CT molecular complexity index is 1150. The standard InChI is InChI=1S/C31H43N5O3/c1-24-32-16-10-27(34-24)30(2)12-20-36(21-13-30)28(37)23-35-18-14-31(15-19-35)11-6-5-8-25-7-3-4-9-26(25)39-22-17-33-29(31)38/h3-4,7,9-10,16H,5-6,8,11-15,17-23H2,1-2H3,(H,33,38). The lowest BCUT2D eigenvalue weighted by atomic mass is 9.73. The predicted molar refractivity (Wildman–Crippen MR) is 151 cm³/mol. The van der Waals surface area contributed by atoms with Crippen molar-refractivity contribution in [1.29, 1.82) is 0 Å². The molecule has 2 saturated heterocycles. The van der Waals surface area contributed by atoms with Crippen molar-refractivity contribution in [2.24, 2.45) is 5.41 Å². The second-order valence-corrected chi connectivity index (χ2v) is 11.9. The first-order valence-corrected chi connectivity index (χ1v) is 14.7. The zero-order valence-corrected chi connectivity index (χ0v) is 23.6. The molecule has 0 aliphatic carbocycles. The minimum Gasteiger partial charge on any atom is -0.491 e. The highest BCUT2D eigenvalue weighted by Crippen LogP contribution is 2.38. The van der Waals surface area contributed by atoms with Crippen molar-refractivity contribution >= 4 is 11.8 Å². The number of nitrogens with one attached hydrogen (secondary N) is 1. The van der Waals surface area contributed by atoms with E-state index >= 15 is 0 Å². The molecular formula is C31H43N5O3. The molecule has 1 aromatic heterocycles. The molecule has 0 unspecified atom stereocenters. The van der Waals surface area contributed by atoms with Gasteiger partial charge in [-0.15, -0.1) is 0 Å². The zero-order chi connectivity index (χ0) is 27.3.